The van der Waals surface area contributed by atoms with E-state index in [4.69, 9.17) is 19.1 Å². The number of oxazole rings is 1. The van der Waals surface area contributed by atoms with Crippen LogP contribution in [0, 0.1) is 5.82 Å². The maximum absolute atomic E-state index is 13.3. The lowest BCUT2D eigenvalue weighted by Crippen LogP contribution is -2.13. The standard InChI is InChI=1S/C19H17FN2O3S.2CH3NOS.CH4.H2O/c1-3-12(2)19-22-17(13-8-10-14(20)11-9-13)18(25-19)15-6-4-5-7-16(15)26(21,23)24;2*2-1(3)4;;/h3-12H,1H2,2H3,(H2,21,23,24);2*(H3,2,3,4);1H4;1H2. The van der Waals surface area contributed by atoms with Gasteiger partial charge >= 0.3 is 0 Å². The van der Waals surface area contributed by atoms with Crippen molar-refractivity contribution in [2.45, 2.75) is 25.2 Å². The summed E-state index contributed by atoms with van der Waals surface area (Å²) in [6, 6.07) is 12.0. The summed E-state index contributed by atoms with van der Waals surface area (Å²) in [6.45, 7) is 5.57. The van der Waals surface area contributed by atoms with E-state index in [9.17, 15) is 12.8 Å². The largest absolute Gasteiger partial charge is 0.439 e. The number of allylic oxidation sites excluding steroid dienone is 1. The monoisotopic (exact) mass is 560 g/mol. The first kappa shape index (κ1) is 35.0. The smallest absolute Gasteiger partial charge is 0.273 e. The molecule has 3 rings (SSSR count). The maximum atomic E-state index is 13.3. The average Bonchev–Trinajstić information content (AvgIpc) is 3.17. The molecule has 0 spiro atoms. The molecule has 10 nitrogen and oxygen atoms in total. The Kier molecular flexibility index (Phi) is 15.3. The van der Waals surface area contributed by atoms with Crippen LogP contribution >= 0.6 is 25.3 Å². The highest BCUT2D eigenvalue weighted by atomic mass is 32.2. The van der Waals surface area contributed by atoms with E-state index in [0.717, 1.165) is 0 Å². The number of nitrogens with zero attached hydrogens (tertiary/aromatic N) is 1. The van der Waals surface area contributed by atoms with Gasteiger partial charge in [0.15, 0.2) is 5.76 Å². The molecule has 2 aromatic carbocycles. The molecule has 0 aliphatic carbocycles. The minimum Gasteiger partial charge on any atom is -0.439 e. The SMILES string of the molecule is C.C=CC(C)c1nc(-c2ccc(F)cc2)c(-c2ccccc2S(N)(=O)=O)o1.NC(=O)S.NC(=O)S.O. The number of rotatable bonds is 5. The van der Waals surface area contributed by atoms with Crippen molar-refractivity contribution in [2.24, 2.45) is 16.6 Å². The van der Waals surface area contributed by atoms with E-state index in [-0.39, 0.29) is 35.3 Å². The molecule has 14 heteroatoms. The zero-order chi connectivity index (χ0) is 26.1. The third kappa shape index (κ3) is 11.0. The molecule has 36 heavy (non-hydrogen) atoms. The first-order valence-electron chi connectivity index (χ1n) is 9.26. The molecule has 3 aromatic rings. The van der Waals surface area contributed by atoms with Gasteiger partial charge in [-0.2, -0.15) is 0 Å². The zero-order valence-electron chi connectivity index (χ0n) is 18.4. The number of primary sulfonamides is 1. The molecule has 0 fully saturated rings. The molecule has 0 bridgehead atoms. The normalized spacial score (nSPS) is 10.6. The van der Waals surface area contributed by atoms with E-state index in [1.807, 2.05) is 6.92 Å². The molecule has 1 unspecified atom stereocenters. The fourth-order valence-corrected chi connectivity index (χ4v) is 3.26. The molecule has 198 valence electrons. The van der Waals surface area contributed by atoms with Gasteiger partial charge in [0.2, 0.25) is 15.9 Å². The van der Waals surface area contributed by atoms with Crippen molar-refractivity contribution in [1.82, 2.24) is 4.98 Å². The number of hydrogen-bond donors (Lipinski definition) is 5. The highest BCUT2D eigenvalue weighted by molar-refractivity contribution is 7.96. The zero-order valence-corrected chi connectivity index (χ0v) is 21.0. The summed E-state index contributed by atoms with van der Waals surface area (Å²) in [5.74, 6) is 0.0523. The van der Waals surface area contributed by atoms with Crippen molar-refractivity contribution in [1.29, 1.82) is 0 Å². The Hall–Kier alpha value is -3.17. The maximum Gasteiger partial charge on any atom is 0.273 e. The number of benzene rings is 2. The van der Waals surface area contributed by atoms with Crippen molar-refractivity contribution >= 4 is 45.8 Å². The third-order valence-electron chi connectivity index (χ3n) is 3.94. The van der Waals surface area contributed by atoms with Gasteiger partial charge in [-0.1, -0.05) is 57.8 Å². The van der Waals surface area contributed by atoms with E-state index < -0.39 is 20.5 Å². The van der Waals surface area contributed by atoms with Crippen LogP contribution in [0.15, 0.2) is 70.5 Å². The topological polar surface area (TPSA) is 204 Å². The number of hydrogen-bond acceptors (Lipinski definition) is 6. The summed E-state index contributed by atoms with van der Waals surface area (Å²) >= 11 is 6.21. The van der Waals surface area contributed by atoms with Crippen LogP contribution < -0.4 is 16.6 Å². The highest BCUT2D eigenvalue weighted by Crippen LogP contribution is 2.37. The summed E-state index contributed by atoms with van der Waals surface area (Å²) in [6.07, 6.45) is 1.66. The minimum absolute atomic E-state index is 0. The Morgan fingerprint density at radius 3 is 2.00 bits per heavy atom. The number of primary amides is 2. The second-order valence-electron chi connectivity index (χ2n) is 6.48. The van der Waals surface area contributed by atoms with Gasteiger partial charge in [0, 0.05) is 11.1 Å². The van der Waals surface area contributed by atoms with Crippen LogP contribution in [0.3, 0.4) is 0 Å². The Labute approximate surface area is 220 Å². The van der Waals surface area contributed by atoms with Crippen molar-refractivity contribution in [3.8, 4) is 22.6 Å². The molecule has 1 aromatic heterocycles. The van der Waals surface area contributed by atoms with Gasteiger partial charge in [-0.15, -0.1) is 6.58 Å². The predicted molar refractivity (Wildman–Crippen MR) is 145 cm³/mol. The van der Waals surface area contributed by atoms with E-state index in [1.165, 1.54) is 18.2 Å². The van der Waals surface area contributed by atoms with Gasteiger partial charge in [-0.25, -0.2) is 22.9 Å². The second-order valence-corrected chi connectivity index (χ2v) is 8.89. The molecule has 0 saturated heterocycles. The molecule has 2 amide bonds. The average molecular weight is 561 g/mol. The number of thiol groups is 2. The van der Waals surface area contributed by atoms with Gasteiger partial charge < -0.3 is 21.4 Å². The van der Waals surface area contributed by atoms with Crippen LogP contribution in [0.25, 0.3) is 22.6 Å². The first-order chi connectivity index (χ1) is 15.8. The van der Waals surface area contributed by atoms with E-state index in [0.29, 0.717) is 22.7 Å². The molecule has 0 radical (unpaired) electrons. The molecule has 8 N–H and O–H groups in total. The number of amides is 2. The van der Waals surface area contributed by atoms with Gasteiger partial charge in [-0.05, 0) is 36.4 Å². The van der Waals surface area contributed by atoms with Crippen molar-refractivity contribution in [2.75, 3.05) is 0 Å². The van der Waals surface area contributed by atoms with E-state index in [2.05, 4.69) is 48.3 Å². The lowest BCUT2D eigenvalue weighted by atomic mass is 10.1. The predicted octanol–water partition coefficient (Wildman–Crippen LogP) is 3.89. The van der Waals surface area contributed by atoms with Crippen molar-refractivity contribution in [3.05, 3.63) is 72.9 Å². The number of carbonyl (C=O) groups is 2. The highest BCUT2D eigenvalue weighted by Gasteiger charge is 2.24. The number of sulfonamides is 1. The molecular formula is C22H29FN4O6S3. The van der Waals surface area contributed by atoms with Gasteiger partial charge in [0.1, 0.15) is 11.5 Å². The minimum atomic E-state index is -3.97. The van der Waals surface area contributed by atoms with Gasteiger partial charge in [0.25, 0.3) is 10.5 Å². The second kappa shape index (κ2) is 15.7. The summed E-state index contributed by atoms with van der Waals surface area (Å²) in [4.78, 5) is 22.6. The third-order valence-corrected chi connectivity index (χ3v) is 4.91. The van der Waals surface area contributed by atoms with Crippen LogP contribution in [0.1, 0.15) is 26.2 Å². The van der Waals surface area contributed by atoms with Crippen molar-refractivity contribution in [3.63, 3.8) is 0 Å². The molecule has 0 aliphatic rings. The fourth-order valence-electron chi connectivity index (χ4n) is 2.52. The molecular weight excluding hydrogens is 531 g/mol. The van der Waals surface area contributed by atoms with E-state index >= 15 is 0 Å². The van der Waals surface area contributed by atoms with Crippen LogP contribution in [-0.4, -0.2) is 29.4 Å². The first-order valence-corrected chi connectivity index (χ1v) is 11.7. The van der Waals surface area contributed by atoms with Crippen LogP contribution in [-0.2, 0) is 10.0 Å². The number of nitrogens with two attached hydrogens (primary N) is 3. The number of carbonyl (C=O) groups excluding carboxylic acids is 2. The summed E-state index contributed by atoms with van der Waals surface area (Å²) in [5, 5.41) is 4.06. The quantitative estimate of drug-likeness (QED) is 0.231. The molecule has 0 saturated carbocycles. The summed E-state index contributed by atoms with van der Waals surface area (Å²) in [7, 11) is -3.97. The Morgan fingerprint density at radius 2 is 1.56 bits per heavy atom. The Bertz CT molecular complexity index is 1250. The Morgan fingerprint density at radius 1 is 1.08 bits per heavy atom. The van der Waals surface area contributed by atoms with Crippen molar-refractivity contribution < 1.29 is 32.3 Å². The number of halogens is 1. The van der Waals surface area contributed by atoms with Crippen LogP contribution in [0.2, 0.25) is 0 Å². The number of aromatic nitrogens is 1. The molecule has 1 heterocycles. The lowest BCUT2D eigenvalue weighted by molar-refractivity contribution is 0.266. The van der Waals surface area contributed by atoms with E-state index in [1.54, 1.807) is 36.4 Å². The Balaban J connectivity index is 0. The fraction of sp³-hybridized carbons (Fsp3) is 0.136. The molecule has 0 aliphatic heterocycles. The summed E-state index contributed by atoms with van der Waals surface area (Å²) in [5.41, 5.74) is 9.97. The van der Waals surface area contributed by atoms with Gasteiger partial charge in [-0.3, -0.25) is 9.59 Å². The van der Waals surface area contributed by atoms with Gasteiger partial charge in [0.05, 0.1) is 10.8 Å². The molecule has 1 atom stereocenters. The van der Waals surface area contributed by atoms with Crippen LogP contribution in [0.5, 0.6) is 0 Å². The lowest BCUT2D eigenvalue weighted by Gasteiger charge is -2.07. The van der Waals surface area contributed by atoms with Crippen LogP contribution in [0.4, 0.5) is 14.0 Å². The summed E-state index contributed by atoms with van der Waals surface area (Å²) < 4.78 is 43.1.